The first-order valence-electron chi connectivity index (χ1n) is 7.55. The summed E-state index contributed by atoms with van der Waals surface area (Å²) >= 11 is 9.37. The van der Waals surface area contributed by atoms with E-state index in [0.29, 0.717) is 47.1 Å². The maximum Gasteiger partial charge on any atom is 0.287 e. The molecule has 0 radical (unpaired) electrons. The van der Waals surface area contributed by atoms with Crippen LogP contribution < -0.4 is 4.90 Å². The van der Waals surface area contributed by atoms with Gasteiger partial charge in [0.05, 0.1) is 10.5 Å². The van der Waals surface area contributed by atoms with Crippen LogP contribution in [0.4, 0.5) is 11.5 Å². The van der Waals surface area contributed by atoms with Gasteiger partial charge in [-0.25, -0.2) is 4.98 Å². The Bertz CT molecular complexity index is 808. The Hall–Kier alpha value is -2.19. The maximum absolute atomic E-state index is 12.7. The summed E-state index contributed by atoms with van der Waals surface area (Å²) in [6, 6.07) is 8.19. The maximum atomic E-state index is 12.7. The van der Waals surface area contributed by atoms with Gasteiger partial charge in [0.15, 0.2) is 0 Å². The minimum atomic E-state index is -0.476. The van der Waals surface area contributed by atoms with Gasteiger partial charge in [-0.3, -0.25) is 14.9 Å². The summed E-state index contributed by atoms with van der Waals surface area (Å²) in [5.41, 5.74) is 0.498. The molecule has 9 heteroatoms. The number of hydrogen-bond donors (Lipinski definition) is 0. The molecule has 0 spiro atoms. The molecule has 7 nitrogen and oxygen atoms in total. The number of aromatic nitrogens is 1. The highest BCUT2D eigenvalue weighted by atomic mass is 79.9. The van der Waals surface area contributed by atoms with E-state index in [2.05, 4.69) is 20.9 Å². The minimum Gasteiger partial charge on any atom is -0.353 e. The van der Waals surface area contributed by atoms with Crippen molar-refractivity contribution in [3.8, 4) is 0 Å². The summed E-state index contributed by atoms with van der Waals surface area (Å²) in [7, 11) is 0. The molecule has 0 atom stereocenters. The van der Waals surface area contributed by atoms with Gasteiger partial charge >= 0.3 is 0 Å². The topological polar surface area (TPSA) is 79.6 Å². The number of nitrogens with zero attached hydrogens (tertiary/aromatic N) is 4. The van der Waals surface area contributed by atoms with Crippen molar-refractivity contribution < 1.29 is 9.72 Å². The number of rotatable bonds is 3. The number of benzene rings is 1. The van der Waals surface area contributed by atoms with Crippen molar-refractivity contribution in [1.82, 2.24) is 9.88 Å². The van der Waals surface area contributed by atoms with Gasteiger partial charge in [-0.2, -0.15) is 0 Å². The minimum absolute atomic E-state index is 0.0385. The molecule has 0 saturated carbocycles. The first-order chi connectivity index (χ1) is 12.0. The zero-order chi connectivity index (χ0) is 18.0. The number of nitro groups is 1. The lowest BCUT2D eigenvalue weighted by atomic mass is 10.2. The summed E-state index contributed by atoms with van der Waals surface area (Å²) in [6.07, 6.45) is 1.25. The number of hydrogen-bond acceptors (Lipinski definition) is 5. The van der Waals surface area contributed by atoms with Gasteiger partial charge in [0.2, 0.25) is 0 Å². The lowest BCUT2D eigenvalue weighted by Crippen LogP contribution is -2.49. The van der Waals surface area contributed by atoms with Crippen LogP contribution in [0.25, 0.3) is 0 Å². The number of amides is 1. The largest absolute Gasteiger partial charge is 0.353 e. The van der Waals surface area contributed by atoms with Gasteiger partial charge in [0.1, 0.15) is 12.0 Å². The number of carbonyl (C=O) groups excluding carboxylic acids is 1. The van der Waals surface area contributed by atoms with Crippen molar-refractivity contribution >= 4 is 44.9 Å². The molecule has 0 bridgehead atoms. The van der Waals surface area contributed by atoms with Gasteiger partial charge < -0.3 is 9.80 Å². The molecule has 1 aliphatic rings. The summed E-state index contributed by atoms with van der Waals surface area (Å²) in [5, 5.41) is 11.2. The third kappa shape index (κ3) is 3.91. The van der Waals surface area contributed by atoms with E-state index in [1.54, 1.807) is 29.2 Å². The Kier molecular flexibility index (Phi) is 5.19. The van der Waals surface area contributed by atoms with Gasteiger partial charge in [-0.1, -0.05) is 11.6 Å². The van der Waals surface area contributed by atoms with E-state index >= 15 is 0 Å². The molecule has 1 aliphatic heterocycles. The first-order valence-corrected chi connectivity index (χ1v) is 8.72. The highest BCUT2D eigenvalue weighted by Crippen LogP contribution is 2.24. The van der Waals surface area contributed by atoms with Gasteiger partial charge in [-0.15, -0.1) is 0 Å². The molecule has 1 saturated heterocycles. The van der Waals surface area contributed by atoms with Crippen LogP contribution in [0.3, 0.4) is 0 Å². The van der Waals surface area contributed by atoms with E-state index in [1.807, 2.05) is 4.90 Å². The van der Waals surface area contributed by atoms with Crippen LogP contribution in [0.5, 0.6) is 0 Å². The van der Waals surface area contributed by atoms with Crippen molar-refractivity contribution in [2.24, 2.45) is 0 Å². The SMILES string of the molecule is O=C(c1cc(Cl)ccc1Br)N1CCN(c2ccc([N+](=O)[O-])cn2)CC1. The van der Waals surface area contributed by atoms with E-state index in [0.717, 1.165) is 0 Å². The molecule has 0 unspecified atom stereocenters. The van der Waals surface area contributed by atoms with E-state index in [1.165, 1.54) is 12.3 Å². The number of anilines is 1. The Morgan fingerprint density at radius 1 is 1.20 bits per heavy atom. The van der Waals surface area contributed by atoms with Crippen molar-refractivity contribution in [2.45, 2.75) is 0 Å². The Balaban J connectivity index is 1.66. The number of carbonyl (C=O) groups is 1. The molecule has 1 fully saturated rings. The molecule has 1 aromatic heterocycles. The van der Waals surface area contributed by atoms with Crippen LogP contribution in [0.15, 0.2) is 41.0 Å². The molecule has 0 N–H and O–H groups in total. The van der Waals surface area contributed by atoms with Crippen LogP contribution in [0, 0.1) is 10.1 Å². The molecule has 25 heavy (non-hydrogen) atoms. The zero-order valence-corrected chi connectivity index (χ0v) is 15.4. The molecule has 0 aliphatic carbocycles. The monoisotopic (exact) mass is 424 g/mol. The normalized spacial score (nSPS) is 14.5. The lowest BCUT2D eigenvalue weighted by Gasteiger charge is -2.35. The molecular formula is C16H14BrClN4O3. The summed E-state index contributed by atoms with van der Waals surface area (Å²) in [5.74, 6) is 0.590. The molecule has 1 aromatic carbocycles. The van der Waals surface area contributed by atoms with Crippen LogP contribution in [-0.4, -0.2) is 46.9 Å². The highest BCUT2D eigenvalue weighted by Gasteiger charge is 2.24. The second-order valence-corrected chi connectivity index (χ2v) is 6.83. The third-order valence-electron chi connectivity index (χ3n) is 3.99. The Morgan fingerprint density at radius 2 is 1.92 bits per heavy atom. The van der Waals surface area contributed by atoms with Crippen molar-refractivity contribution in [3.63, 3.8) is 0 Å². The van der Waals surface area contributed by atoms with E-state index in [9.17, 15) is 14.9 Å². The molecule has 3 rings (SSSR count). The molecule has 130 valence electrons. The standard InChI is InChI=1S/C16H14BrClN4O3/c17-14-3-1-11(18)9-13(14)16(23)21-7-5-20(6-8-21)15-4-2-12(10-19-15)22(24)25/h1-4,9-10H,5-8H2. The van der Waals surface area contributed by atoms with Crippen LogP contribution >= 0.6 is 27.5 Å². The molecular weight excluding hydrogens is 412 g/mol. The van der Waals surface area contributed by atoms with E-state index in [4.69, 9.17) is 11.6 Å². The fourth-order valence-corrected chi connectivity index (χ4v) is 3.23. The fraction of sp³-hybridized carbons (Fsp3) is 0.250. The average molecular weight is 426 g/mol. The summed E-state index contributed by atoms with van der Waals surface area (Å²) in [6.45, 7) is 2.29. The lowest BCUT2D eigenvalue weighted by molar-refractivity contribution is -0.385. The molecule has 1 amide bonds. The van der Waals surface area contributed by atoms with Crippen LogP contribution in [-0.2, 0) is 0 Å². The van der Waals surface area contributed by atoms with Crippen molar-refractivity contribution in [3.05, 3.63) is 61.7 Å². The highest BCUT2D eigenvalue weighted by molar-refractivity contribution is 9.10. The van der Waals surface area contributed by atoms with Gasteiger partial charge in [0.25, 0.3) is 11.6 Å². The van der Waals surface area contributed by atoms with E-state index < -0.39 is 4.92 Å². The number of pyridine rings is 1. The molecule has 2 heterocycles. The third-order valence-corrected chi connectivity index (χ3v) is 4.92. The van der Waals surface area contributed by atoms with Gasteiger partial charge in [0, 0.05) is 41.7 Å². The summed E-state index contributed by atoms with van der Waals surface area (Å²) in [4.78, 5) is 30.8. The van der Waals surface area contributed by atoms with E-state index in [-0.39, 0.29) is 11.6 Å². The molecule has 2 aromatic rings. The Labute approximate surface area is 157 Å². The summed E-state index contributed by atoms with van der Waals surface area (Å²) < 4.78 is 0.710. The smallest absolute Gasteiger partial charge is 0.287 e. The number of piperazine rings is 1. The fourth-order valence-electron chi connectivity index (χ4n) is 2.64. The Morgan fingerprint density at radius 3 is 2.52 bits per heavy atom. The zero-order valence-electron chi connectivity index (χ0n) is 13.1. The second kappa shape index (κ2) is 7.37. The predicted octanol–water partition coefficient (Wildman–Crippen LogP) is 3.37. The first kappa shape index (κ1) is 17.6. The quantitative estimate of drug-likeness (QED) is 0.556. The van der Waals surface area contributed by atoms with Gasteiger partial charge in [-0.05, 0) is 40.2 Å². The average Bonchev–Trinajstić information content (AvgIpc) is 2.63. The van der Waals surface area contributed by atoms with Crippen molar-refractivity contribution in [1.29, 1.82) is 0 Å². The van der Waals surface area contributed by atoms with Crippen LogP contribution in [0.1, 0.15) is 10.4 Å². The van der Waals surface area contributed by atoms with Crippen LogP contribution in [0.2, 0.25) is 5.02 Å². The number of halogens is 2. The van der Waals surface area contributed by atoms with Crippen molar-refractivity contribution in [2.75, 3.05) is 31.1 Å². The predicted molar refractivity (Wildman–Crippen MR) is 98.2 cm³/mol. The second-order valence-electron chi connectivity index (χ2n) is 5.54.